The second-order valence-electron chi connectivity index (χ2n) is 3.70. The lowest BCUT2D eigenvalue weighted by Gasteiger charge is -2.06. The minimum atomic E-state index is -0.503. The zero-order valence-corrected chi connectivity index (χ0v) is 11.0. The number of anilines is 1. The molecular weight excluding hydrogens is 254 g/mol. The van der Waals surface area contributed by atoms with Crippen LogP contribution >= 0.6 is 12.4 Å². The average molecular weight is 272 g/mol. The summed E-state index contributed by atoms with van der Waals surface area (Å²) >= 11 is 0. The monoisotopic (exact) mass is 271 g/mol. The van der Waals surface area contributed by atoms with E-state index in [9.17, 15) is 9.59 Å². The fourth-order valence-electron chi connectivity index (χ4n) is 1.40. The van der Waals surface area contributed by atoms with E-state index < -0.39 is 5.91 Å². The first-order chi connectivity index (χ1) is 8.13. The van der Waals surface area contributed by atoms with Gasteiger partial charge in [0.25, 0.3) is 0 Å². The molecule has 0 bridgehead atoms. The van der Waals surface area contributed by atoms with Gasteiger partial charge in [-0.15, -0.1) is 12.4 Å². The predicted molar refractivity (Wildman–Crippen MR) is 74.0 cm³/mol. The SMILES string of the molecule is CNCCCC(=O)Nc1cccc(C(N)=O)c1.Cl. The first-order valence-electron chi connectivity index (χ1n) is 5.48. The lowest BCUT2D eigenvalue weighted by Crippen LogP contribution is -2.16. The van der Waals surface area contributed by atoms with E-state index in [1.807, 2.05) is 7.05 Å². The van der Waals surface area contributed by atoms with Crippen molar-refractivity contribution < 1.29 is 9.59 Å². The Hall–Kier alpha value is -1.59. The van der Waals surface area contributed by atoms with E-state index in [4.69, 9.17) is 5.73 Å². The van der Waals surface area contributed by atoms with Gasteiger partial charge in [0.1, 0.15) is 0 Å². The molecule has 0 radical (unpaired) electrons. The molecule has 0 aliphatic heterocycles. The number of carbonyl (C=O) groups excluding carboxylic acids is 2. The van der Waals surface area contributed by atoms with Crippen molar-refractivity contribution in [2.75, 3.05) is 18.9 Å². The van der Waals surface area contributed by atoms with Gasteiger partial charge in [-0.05, 0) is 38.2 Å². The zero-order chi connectivity index (χ0) is 12.7. The van der Waals surface area contributed by atoms with Crippen LogP contribution in [0, 0.1) is 0 Å². The molecule has 0 unspecified atom stereocenters. The molecule has 0 aliphatic carbocycles. The topological polar surface area (TPSA) is 84.2 Å². The maximum atomic E-state index is 11.5. The normalized spacial score (nSPS) is 9.39. The van der Waals surface area contributed by atoms with E-state index in [-0.39, 0.29) is 18.3 Å². The summed E-state index contributed by atoms with van der Waals surface area (Å²) < 4.78 is 0. The molecule has 18 heavy (non-hydrogen) atoms. The Bertz CT molecular complexity index is 410. The molecule has 100 valence electrons. The van der Waals surface area contributed by atoms with Crippen molar-refractivity contribution in [3.8, 4) is 0 Å². The Labute approximate surface area is 113 Å². The van der Waals surface area contributed by atoms with Gasteiger partial charge in [-0.3, -0.25) is 9.59 Å². The molecule has 1 rings (SSSR count). The Morgan fingerprint density at radius 3 is 2.67 bits per heavy atom. The van der Waals surface area contributed by atoms with E-state index in [2.05, 4.69) is 10.6 Å². The number of benzene rings is 1. The van der Waals surface area contributed by atoms with Crippen LogP contribution in [-0.2, 0) is 4.79 Å². The average Bonchev–Trinajstić information content (AvgIpc) is 2.29. The van der Waals surface area contributed by atoms with Gasteiger partial charge in [-0.25, -0.2) is 0 Å². The smallest absolute Gasteiger partial charge is 0.248 e. The molecule has 0 saturated carbocycles. The van der Waals surface area contributed by atoms with Crippen molar-refractivity contribution in [1.82, 2.24) is 5.32 Å². The van der Waals surface area contributed by atoms with Gasteiger partial charge in [0.15, 0.2) is 0 Å². The van der Waals surface area contributed by atoms with Gasteiger partial charge < -0.3 is 16.4 Å². The van der Waals surface area contributed by atoms with Gasteiger partial charge in [0.05, 0.1) is 0 Å². The number of nitrogens with one attached hydrogen (secondary N) is 2. The van der Waals surface area contributed by atoms with Crippen LogP contribution in [0.15, 0.2) is 24.3 Å². The fourth-order valence-corrected chi connectivity index (χ4v) is 1.40. The summed E-state index contributed by atoms with van der Waals surface area (Å²) in [7, 11) is 1.84. The van der Waals surface area contributed by atoms with Crippen LogP contribution in [0.4, 0.5) is 5.69 Å². The molecule has 0 aliphatic rings. The summed E-state index contributed by atoms with van der Waals surface area (Å²) in [5.74, 6) is -0.571. The van der Waals surface area contributed by atoms with Crippen molar-refractivity contribution >= 4 is 29.9 Å². The van der Waals surface area contributed by atoms with E-state index in [1.54, 1.807) is 24.3 Å². The summed E-state index contributed by atoms with van der Waals surface area (Å²) in [6, 6.07) is 6.59. The molecule has 0 spiro atoms. The highest BCUT2D eigenvalue weighted by atomic mass is 35.5. The molecule has 1 aromatic carbocycles. The Balaban J connectivity index is 0.00000289. The number of halogens is 1. The summed E-state index contributed by atoms with van der Waals surface area (Å²) in [5, 5.41) is 5.69. The number of hydrogen-bond acceptors (Lipinski definition) is 3. The molecule has 6 heteroatoms. The lowest BCUT2D eigenvalue weighted by molar-refractivity contribution is -0.116. The highest BCUT2D eigenvalue weighted by molar-refractivity contribution is 5.96. The third kappa shape index (κ3) is 5.65. The largest absolute Gasteiger partial charge is 0.366 e. The van der Waals surface area contributed by atoms with Crippen LogP contribution in [-0.4, -0.2) is 25.4 Å². The maximum Gasteiger partial charge on any atom is 0.248 e. The first-order valence-corrected chi connectivity index (χ1v) is 5.48. The standard InChI is InChI=1S/C12H17N3O2.ClH/c1-14-7-3-6-11(16)15-10-5-2-4-9(8-10)12(13)17;/h2,4-5,8,14H,3,6-7H2,1H3,(H2,13,17)(H,15,16);1H. The molecule has 0 saturated heterocycles. The van der Waals surface area contributed by atoms with Gasteiger partial charge in [0.2, 0.25) is 11.8 Å². The zero-order valence-electron chi connectivity index (χ0n) is 10.2. The van der Waals surface area contributed by atoms with Crippen molar-refractivity contribution in [2.45, 2.75) is 12.8 Å². The summed E-state index contributed by atoms with van der Waals surface area (Å²) in [6.07, 6.45) is 1.22. The molecular formula is C12H18ClN3O2. The molecule has 0 aromatic heterocycles. The van der Waals surface area contributed by atoms with E-state index >= 15 is 0 Å². The summed E-state index contributed by atoms with van der Waals surface area (Å²) in [4.78, 5) is 22.5. The number of rotatable bonds is 6. The second-order valence-corrected chi connectivity index (χ2v) is 3.70. The number of carbonyl (C=O) groups is 2. The Kier molecular flexibility index (Phi) is 7.74. The molecule has 5 nitrogen and oxygen atoms in total. The van der Waals surface area contributed by atoms with E-state index in [1.165, 1.54) is 0 Å². The molecule has 0 atom stereocenters. The number of amides is 2. The third-order valence-corrected chi connectivity index (χ3v) is 2.26. The van der Waals surface area contributed by atoms with Crippen LogP contribution < -0.4 is 16.4 Å². The van der Waals surface area contributed by atoms with Gasteiger partial charge in [-0.1, -0.05) is 6.07 Å². The Morgan fingerprint density at radius 1 is 1.33 bits per heavy atom. The quantitative estimate of drug-likeness (QED) is 0.679. The first kappa shape index (κ1) is 16.4. The van der Waals surface area contributed by atoms with Gasteiger partial charge >= 0.3 is 0 Å². The molecule has 1 aromatic rings. The van der Waals surface area contributed by atoms with Crippen LogP contribution in [0.25, 0.3) is 0 Å². The lowest BCUT2D eigenvalue weighted by atomic mass is 10.2. The van der Waals surface area contributed by atoms with Crippen molar-refractivity contribution in [3.63, 3.8) is 0 Å². The fraction of sp³-hybridized carbons (Fsp3) is 0.333. The predicted octanol–water partition coefficient (Wildman–Crippen LogP) is 1.15. The van der Waals surface area contributed by atoms with E-state index in [0.717, 1.165) is 13.0 Å². The summed E-state index contributed by atoms with van der Waals surface area (Å²) in [5.41, 5.74) is 6.13. The molecule has 0 fully saturated rings. The van der Waals surface area contributed by atoms with E-state index in [0.29, 0.717) is 17.7 Å². The van der Waals surface area contributed by atoms with Crippen molar-refractivity contribution in [2.24, 2.45) is 5.73 Å². The second kappa shape index (κ2) is 8.49. The molecule has 4 N–H and O–H groups in total. The van der Waals surface area contributed by atoms with Crippen molar-refractivity contribution in [1.29, 1.82) is 0 Å². The van der Waals surface area contributed by atoms with Crippen LogP contribution in [0.5, 0.6) is 0 Å². The Morgan fingerprint density at radius 2 is 2.06 bits per heavy atom. The summed E-state index contributed by atoms with van der Waals surface area (Å²) in [6.45, 7) is 0.800. The molecule has 2 amide bonds. The maximum absolute atomic E-state index is 11.5. The molecule has 0 heterocycles. The third-order valence-electron chi connectivity index (χ3n) is 2.26. The van der Waals surface area contributed by atoms with Crippen LogP contribution in [0.1, 0.15) is 23.2 Å². The van der Waals surface area contributed by atoms with Crippen LogP contribution in [0.2, 0.25) is 0 Å². The highest BCUT2D eigenvalue weighted by Gasteiger charge is 2.04. The minimum absolute atomic E-state index is 0. The van der Waals surface area contributed by atoms with Gasteiger partial charge in [-0.2, -0.15) is 0 Å². The number of primary amides is 1. The highest BCUT2D eigenvalue weighted by Crippen LogP contribution is 2.10. The van der Waals surface area contributed by atoms with Crippen LogP contribution in [0.3, 0.4) is 0 Å². The number of hydrogen-bond donors (Lipinski definition) is 3. The van der Waals surface area contributed by atoms with Crippen molar-refractivity contribution in [3.05, 3.63) is 29.8 Å². The number of nitrogens with two attached hydrogens (primary N) is 1. The minimum Gasteiger partial charge on any atom is -0.366 e. The van der Waals surface area contributed by atoms with Gasteiger partial charge in [0, 0.05) is 17.7 Å².